The van der Waals surface area contributed by atoms with E-state index in [1.807, 2.05) is 19.2 Å². The van der Waals surface area contributed by atoms with Gasteiger partial charge in [-0.25, -0.2) is 0 Å². The van der Waals surface area contributed by atoms with Gasteiger partial charge in [0.2, 0.25) is 11.7 Å². The molecule has 0 amide bonds. The van der Waals surface area contributed by atoms with Gasteiger partial charge in [0.1, 0.15) is 0 Å². The lowest BCUT2D eigenvalue weighted by atomic mass is 10.0. The molecule has 2 unspecified atom stereocenters. The van der Waals surface area contributed by atoms with Gasteiger partial charge in [-0.15, -0.1) is 0 Å². The molecule has 0 aliphatic heterocycles. The normalized spacial score (nSPS) is 23.4. The largest absolute Gasteiger partial charge is 0.339 e. The molecule has 1 aliphatic carbocycles. The Morgan fingerprint density at radius 2 is 2.11 bits per heavy atom. The van der Waals surface area contributed by atoms with Crippen LogP contribution >= 0.6 is 0 Å². The van der Waals surface area contributed by atoms with Gasteiger partial charge in [0.15, 0.2) is 0 Å². The first-order valence-electron chi connectivity index (χ1n) is 6.30. The van der Waals surface area contributed by atoms with E-state index < -0.39 is 0 Å². The number of pyridine rings is 1. The average molecular weight is 244 g/mol. The van der Waals surface area contributed by atoms with Gasteiger partial charge in [-0.05, 0) is 32.0 Å². The Hall–Kier alpha value is -1.75. The fraction of sp³-hybridized carbons (Fsp3) is 0.462. The molecule has 3 rings (SSSR count). The third-order valence-electron chi connectivity index (χ3n) is 3.58. The summed E-state index contributed by atoms with van der Waals surface area (Å²) in [7, 11) is 1.99. The van der Waals surface area contributed by atoms with Crippen LogP contribution in [0.3, 0.4) is 0 Å². The second-order valence-electron chi connectivity index (χ2n) is 4.62. The summed E-state index contributed by atoms with van der Waals surface area (Å²) in [5.41, 5.74) is 0.944. The predicted octanol–water partition coefficient (Wildman–Crippen LogP) is 1.99. The minimum Gasteiger partial charge on any atom is -0.339 e. The zero-order valence-corrected chi connectivity index (χ0v) is 10.3. The molecule has 0 bridgehead atoms. The summed E-state index contributed by atoms with van der Waals surface area (Å²) in [6, 6.07) is 4.23. The average Bonchev–Trinajstić information content (AvgIpc) is 3.08. The van der Waals surface area contributed by atoms with Crippen molar-refractivity contribution in [3.63, 3.8) is 0 Å². The smallest absolute Gasteiger partial charge is 0.231 e. The molecule has 18 heavy (non-hydrogen) atoms. The van der Waals surface area contributed by atoms with Crippen LogP contribution < -0.4 is 5.32 Å². The number of hydrogen-bond donors (Lipinski definition) is 1. The summed E-state index contributed by atoms with van der Waals surface area (Å²) < 4.78 is 5.41. The molecule has 94 valence electrons. The fourth-order valence-corrected chi connectivity index (χ4v) is 2.61. The zero-order valence-electron chi connectivity index (χ0n) is 10.3. The molecule has 1 fully saturated rings. The molecule has 0 aromatic carbocycles. The van der Waals surface area contributed by atoms with Crippen LogP contribution in [0.25, 0.3) is 11.4 Å². The number of aromatic nitrogens is 3. The van der Waals surface area contributed by atoms with E-state index in [1.54, 1.807) is 12.4 Å². The molecule has 0 saturated heterocycles. The topological polar surface area (TPSA) is 63.8 Å². The summed E-state index contributed by atoms with van der Waals surface area (Å²) in [6.45, 7) is 0. The van der Waals surface area contributed by atoms with Gasteiger partial charge in [0.05, 0.1) is 5.92 Å². The van der Waals surface area contributed by atoms with Crippen molar-refractivity contribution < 1.29 is 4.52 Å². The first kappa shape index (κ1) is 11.3. The van der Waals surface area contributed by atoms with E-state index in [2.05, 4.69) is 20.4 Å². The van der Waals surface area contributed by atoms with Crippen molar-refractivity contribution >= 4 is 0 Å². The van der Waals surface area contributed by atoms with Crippen LogP contribution in [0.15, 0.2) is 29.0 Å². The van der Waals surface area contributed by atoms with E-state index in [9.17, 15) is 0 Å². The second-order valence-corrected chi connectivity index (χ2v) is 4.62. The van der Waals surface area contributed by atoms with Crippen LogP contribution in [0.5, 0.6) is 0 Å². The van der Waals surface area contributed by atoms with Crippen LogP contribution in [0.4, 0.5) is 0 Å². The van der Waals surface area contributed by atoms with Gasteiger partial charge in [-0.1, -0.05) is 11.6 Å². The van der Waals surface area contributed by atoms with Crippen molar-refractivity contribution in [2.75, 3.05) is 7.05 Å². The Bertz CT molecular complexity index is 511. The highest BCUT2D eigenvalue weighted by Crippen LogP contribution is 2.34. The van der Waals surface area contributed by atoms with Crippen molar-refractivity contribution in [2.45, 2.75) is 31.2 Å². The van der Waals surface area contributed by atoms with E-state index in [0.717, 1.165) is 17.9 Å². The zero-order chi connectivity index (χ0) is 12.4. The van der Waals surface area contributed by atoms with E-state index in [0.29, 0.717) is 17.8 Å². The van der Waals surface area contributed by atoms with Crippen molar-refractivity contribution in [2.24, 2.45) is 0 Å². The first-order chi connectivity index (χ1) is 8.88. The maximum Gasteiger partial charge on any atom is 0.231 e. The summed E-state index contributed by atoms with van der Waals surface area (Å²) in [6.07, 6.45) is 6.97. The molecule has 1 N–H and O–H groups in total. The fourth-order valence-electron chi connectivity index (χ4n) is 2.61. The summed E-state index contributed by atoms with van der Waals surface area (Å²) in [4.78, 5) is 8.50. The molecular formula is C13H16N4O. The van der Waals surface area contributed by atoms with Crippen molar-refractivity contribution in [1.82, 2.24) is 20.4 Å². The molecule has 1 saturated carbocycles. The highest BCUT2D eigenvalue weighted by atomic mass is 16.5. The number of nitrogens with zero attached hydrogens (tertiary/aromatic N) is 3. The number of hydrogen-bond acceptors (Lipinski definition) is 5. The molecule has 2 atom stereocenters. The maximum atomic E-state index is 5.41. The summed E-state index contributed by atoms with van der Waals surface area (Å²) in [5, 5.41) is 7.38. The van der Waals surface area contributed by atoms with Crippen LogP contribution in [-0.2, 0) is 0 Å². The minimum absolute atomic E-state index is 0.345. The second kappa shape index (κ2) is 4.86. The summed E-state index contributed by atoms with van der Waals surface area (Å²) in [5.74, 6) is 1.74. The Kier molecular flexibility index (Phi) is 3.06. The predicted molar refractivity (Wildman–Crippen MR) is 67.0 cm³/mol. The van der Waals surface area contributed by atoms with E-state index >= 15 is 0 Å². The monoisotopic (exact) mass is 244 g/mol. The number of likely N-dealkylation sites (N-methyl/N-ethyl adjacent to an activating group) is 1. The third-order valence-corrected chi connectivity index (χ3v) is 3.58. The van der Waals surface area contributed by atoms with Gasteiger partial charge >= 0.3 is 0 Å². The quantitative estimate of drug-likeness (QED) is 0.894. The lowest BCUT2D eigenvalue weighted by molar-refractivity contribution is 0.335. The SMILES string of the molecule is CNC1CCCC1c1nc(-c2ccncc2)no1. The van der Waals surface area contributed by atoms with Gasteiger partial charge < -0.3 is 9.84 Å². The lowest BCUT2D eigenvalue weighted by Crippen LogP contribution is -2.27. The molecule has 5 nitrogen and oxygen atoms in total. The van der Waals surface area contributed by atoms with Crippen molar-refractivity contribution in [1.29, 1.82) is 0 Å². The molecule has 2 heterocycles. The summed E-state index contributed by atoms with van der Waals surface area (Å²) >= 11 is 0. The van der Waals surface area contributed by atoms with E-state index in [1.165, 1.54) is 12.8 Å². The Morgan fingerprint density at radius 3 is 2.89 bits per heavy atom. The van der Waals surface area contributed by atoms with Gasteiger partial charge in [0, 0.05) is 24.0 Å². The van der Waals surface area contributed by atoms with E-state index in [-0.39, 0.29) is 0 Å². The van der Waals surface area contributed by atoms with Crippen LogP contribution in [0.2, 0.25) is 0 Å². The Balaban J connectivity index is 1.86. The van der Waals surface area contributed by atoms with Gasteiger partial charge in [-0.2, -0.15) is 4.98 Å². The molecule has 5 heteroatoms. The highest BCUT2D eigenvalue weighted by molar-refractivity contribution is 5.52. The number of rotatable bonds is 3. The van der Waals surface area contributed by atoms with Crippen LogP contribution in [-0.4, -0.2) is 28.2 Å². The van der Waals surface area contributed by atoms with E-state index in [4.69, 9.17) is 4.52 Å². The molecule has 0 radical (unpaired) electrons. The minimum atomic E-state index is 0.345. The van der Waals surface area contributed by atoms with Gasteiger partial charge in [-0.3, -0.25) is 4.98 Å². The van der Waals surface area contributed by atoms with Crippen molar-refractivity contribution in [3.8, 4) is 11.4 Å². The lowest BCUT2D eigenvalue weighted by Gasteiger charge is -2.14. The Morgan fingerprint density at radius 1 is 1.28 bits per heavy atom. The molecule has 2 aromatic rings. The first-order valence-corrected chi connectivity index (χ1v) is 6.30. The molecular weight excluding hydrogens is 228 g/mol. The third kappa shape index (κ3) is 2.01. The highest BCUT2D eigenvalue weighted by Gasteiger charge is 2.31. The standard InChI is InChI=1S/C13H16N4O/c1-14-11-4-2-3-10(11)13-16-12(17-18-13)9-5-7-15-8-6-9/h5-8,10-11,14H,2-4H2,1H3. The molecule has 0 spiro atoms. The van der Waals surface area contributed by atoms with Crippen molar-refractivity contribution in [3.05, 3.63) is 30.4 Å². The molecule has 1 aliphatic rings. The number of nitrogens with one attached hydrogen (secondary N) is 1. The maximum absolute atomic E-state index is 5.41. The van der Waals surface area contributed by atoms with Crippen LogP contribution in [0, 0.1) is 0 Å². The molecule has 2 aromatic heterocycles. The Labute approximate surface area is 106 Å². The van der Waals surface area contributed by atoms with Crippen LogP contribution in [0.1, 0.15) is 31.1 Å². The van der Waals surface area contributed by atoms with Gasteiger partial charge in [0.25, 0.3) is 0 Å².